The molecule has 8 rings (SSSR count). The first kappa shape index (κ1) is 23.9. The van der Waals surface area contributed by atoms with Gasteiger partial charge in [0, 0.05) is 27.6 Å². The summed E-state index contributed by atoms with van der Waals surface area (Å²) < 4.78 is 8.67. The van der Waals surface area contributed by atoms with Crippen LogP contribution in [0, 0.1) is 27.7 Å². The molecule has 0 saturated heterocycles. The van der Waals surface area contributed by atoms with E-state index in [9.17, 15) is 9.59 Å². The van der Waals surface area contributed by atoms with E-state index in [2.05, 4.69) is 43.4 Å². The smallest absolute Gasteiger partial charge is 0.251 e. The molecule has 0 fully saturated rings. The predicted molar refractivity (Wildman–Crippen MR) is 170 cm³/mol. The third kappa shape index (κ3) is 3.23. The minimum absolute atomic E-state index is 0.0541. The fourth-order valence-electron chi connectivity index (χ4n) is 7.16. The van der Waals surface area contributed by atoms with E-state index in [-0.39, 0.29) is 17.6 Å². The number of hydrogen-bond acceptors (Lipinski definition) is 3. The van der Waals surface area contributed by atoms with Crippen LogP contribution in [0.25, 0.3) is 38.1 Å². The number of aromatic nitrogens is 1. The molecule has 7 aromatic rings. The Morgan fingerprint density at radius 1 is 0.585 bits per heavy atom. The van der Waals surface area contributed by atoms with Crippen LogP contribution in [0.15, 0.2) is 94.5 Å². The van der Waals surface area contributed by atoms with E-state index >= 15 is 0 Å². The second-order valence-electron chi connectivity index (χ2n) is 11.5. The second kappa shape index (κ2) is 8.31. The number of pyridine rings is 2. The summed E-state index contributed by atoms with van der Waals surface area (Å²) in [5.41, 5.74) is 10.0. The Hall–Kier alpha value is -4.90. The molecule has 0 bridgehead atoms. The van der Waals surface area contributed by atoms with Gasteiger partial charge in [0.05, 0.1) is 16.6 Å². The van der Waals surface area contributed by atoms with Crippen molar-refractivity contribution in [1.29, 1.82) is 0 Å². The van der Waals surface area contributed by atoms with Crippen LogP contribution in [0.2, 0.25) is 0 Å². The first-order valence-electron chi connectivity index (χ1n) is 14.0. The van der Waals surface area contributed by atoms with Crippen molar-refractivity contribution in [2.75, 3.05) is 0 Å². The van der Waals surface area contributed by atoms with Gasteiger partial charge < -0.3 is 9.14 Å². The van der Waals surface area contributed by atoms with Crippen LogP contribution in [0.1, 0.15) is 22.3 Å². The normalized spacial score (nSPS) is 12.7. The second-order valence-corrected chi connectivity index (χ2v) is 11.5. The molecule has 2 aromatic heterocycles. The zero-order valence-electron chi connectivity index (χ0n) is 23.3. The SMILES string of the molecule is Cc1cc(C)c(B2c3ccccc3Oc3cc4c(cc32)c(=O)c2cccc3c(=O)c5cc(C)ccc5n4c32)c(C)c1. The molecule has 3 heterocycles. The molecule has 0 unspecified atom stereocenters. The summed E-state index contributed by atoms with van der Waals surface area (Å²) >= 11 is 0. The molecular weight excluding hydrogens is 505 g/mol. The van der Waals surface area contributed by atoms with E-state index in [0.29, 0.717) is 27.1 Å². The maximum absolute atomic E-state index is 14.2. The lowest BCUT2D eigenvalue weighted by molar-refractivity contribution is 0.488. The number of aryl methyl sites for hydroxylation is 4. The minimum Gasteiger partial charge on any atom is -0.458 e. The summed E-state index contributed by atoms with van der Waals surface area (Å²) in [7, 11) is 0. The zero-order valence-corrected chi connectivity index (χ0v) is 23.3. The van der Waals surface area contributed by atoms with Gasteiger partial charge in [0.2, 0.25) is 0 Å². The van der Waals surface area contributed by atoms with Crippen molar-refractivity contribution < 1.29 is 4.74 Å². The number of benzene rings is 5. The molecule has 0 atom stereocenters. The van der Waals surface area contributed by atoms with Gasteiger partial charge in [-0.05, 0) is 75.0 Å². The summed E-state index contributed by atoms with van der Waals surface area (Å²) in [5, 5.41) is 2.35. The Labute approximate surface area is 236 Å². The summed E-state index contributed by atoms with van der Waals surface area (Å²) in [4.78, 5) is 27.8. The van der Waals surface area contributed by atoms with Crippen LogP contribution < -0.4 is 32.0 Å². The highest BCUT2D eigenvalue weighted by atomic mass is 16.5. The summed E-state index contributed by atoms with van der Waals surface area (Å²) in [6.45, 7) is 8.36. The van der Waals surface area contributed by atoms with Gasteiger partial charge in [-0.3, -0.25) is 9.59 Å². The number of para-hydroxylation sites is 2. The molecule has 5 heteroatoms. The van der Waals surface area contributed by atoms with Gasteiger partial charge in [0.15, 0.2) is 10.9 Å². The topological polar surface area (TPSA) is 47.8 Å². The highest BCUT2D eigenvalue weighted by Crippen LogP contribution is 2.32. The predicted octanol–water partition coefficient (Wildman–Crippen LogP) is 5.41. The lowest BCUT2D eigenvalue weighted by Gasteiger charge is -2.29. The van der Waals surface area contributed by atoms with Crippen molar-refractivity contribution in [3.8, 4) is 11.5 Å². The summed E-state index contributed by atoms with van der Waals surface area (Å²) in [5.74, 6) is 1.54. The van der Waals surface area contributed by atoms with E-state index in [1.807, 2.05) is 73.7 Å². The maximum Gasteiger partial charge on any atom is 0.251 e. The molecule has 5 aromatic carbocycles. The highest BCUT2D eigenvalue weighted by Gasteiger charge is 2.35. The zero-order chi connectivity index (χ0) is 28.2. The number of nitrogens with zero attached hydrogens (tertiary/aromatic N) is 1. The van der Waals surface area contributed by atoms with Gasteiger partial charge in [-0.1, -0.05) is 70.2 Å². The first-order chi connectivity index (χ1) is 19.8. The number of fused-ring (bicyclic) bond motifs is 6. The Morgan fingerprint density at radius 2 is 1.27 bits per heavy atom. The third-order valence-corrected chi connectivity index (χ3v) is 8.79. The van der Waals surface area contributed by atoms with Crippen LogP contribution in [-0.2, 0) is 0 Å². The lowest BCUT2D eigenvalue weighted by atomic mass is 9.34. The number of hydrogen-bond donors (Lipinski definition) is 0. The van der Waals surface area contributed by atoms with E-state index < -0.39 is 0 Å². The number of ether oxygens (including phenoxy) is 1. The van der Waals surface area contributed by atoms with E-state index in [1.165, 1.54) is 22.2 Å². The van der Waals surface area contributed by atoms with Crippen molar-refractivity contribution in [3.63, 3.8) is 0 Å². The standard InChI is InChI=1S/C36H26BNO3/c1-19-12-13-29-25(16-19)35(39)23-8-7-9-24-34(23)38(29)30-18-32-28(17-26(30)36(24)40)37(27-10-5-6-11-31(27)41-32)33-21(3)14-20(2)15-22(33)4/h5-18H,1-4H3. The van der Waals surface area contributed by atoms with E-state index in [1.54, 1.807) is 0 Å². The van der Waals surface area contributed by atoms with Gasteiger partial charge >= 0.3 is 0 Å². The monoisotopic (exact) mass is 531 g/mol. The Morgan fingerprint density at radius 3 is 2.00 bits per heavy atom. The molecule has 0 amide bonds. The molecular formula is C36H26BNO3. The molecule has 41 heavy (non-hydrogen) atoms. The Balaban J connectivity index is 1.57. The molecule has 1 aliphatic rings. The summed E-state index contributed by atoms with van der Waals surface area (Å²) in [6, 6.07) is 28.1. The van der Waals surface area contributed by atoms with Crippen molar-refractivity contribution >= 4 is 61.2 Å². The molecule has 0 N–H and O–H groups in total. The lowest BCUT2D eigenvalue weighted by Crippen LogP contribution is -2.56. The molecule has 0 radical (unpaired) electrons. The molecule has 4 nitrogen and oxygen atoms in total. The number of rotatable bonds is 1. The van der Waals surface area contributed by atoms with Crippen LogP contribution in [0.5, 0.6) is 11.5 Å². The average Bonchev–Trinajstić information content (AvgIpc) is 2.95. The molecule has 196 valence electrons. The van der Waals surface area contributed by atoms with E-state index in [4.69, 9.17) is 4.74 Å². The first-order valence-corrected chi connectivity index (χ1v) is 14.0. The van der Waals surface area contributed by atoms with Crippen LogP contribution in [0.3, 0.4) is 0 Å². The van der Waals surface area contributed by atoms with Gasteiger partial charge in [0.25, 0.3) is 6.71 Å². The Bertz CT molecular complexity index is 2370. The highest BCUT2D eigenvalue weighted by molar-refractivity contribution is 6.97. The molecule has 0 aliphatic carbocycles. The van der Waals surface area contributed by atoms with Crippen LogP contribution in [0.4, 0.5) is 0 Å². The van der Waals surface area contributed by atoms with E-state index in [0.717, 1.165) is 39.0 Å². The van der Waals surface area contributed by atoms with Crippen molar-refractivity contribution in [2.45, 2.75) is 27.7 Å². The molecule has 1 aliphatic heterocycles. The van der Waals surface area contributed by atoms with Crippen molar-refractivity contribution in [2.24, 2.45) is 0 Å². The average molecular weight is 531 g/mol. The maximum atomic E-state index is 14.2. The third-order valence-electron chi connectivity index (χ3n) is 8.79. The van der Waals surface area contributed by atoms with Crippen molar-refractivity contribution in [3.05, 3.63) is 128 Å². The van der Waals surface area contributed by atoms with Gasteiger partial charge in [-0.15, -0.1) is 0 Å². The molecule has 0 spiro atoms. The quantitative estimate of drug-likeness (QED) is 0.162. The Kier molecular flexibility index (Phi) is 4.85. The minimum atomic E-state index is -0.0840. The van der Waals surface area contributed by atoms with Crippen molar-refractivity contribution in [1.82, 2.24) is 4.40 Å². The van der Waals surface area contributed by atoms with Gasteiger partial charge in [-0.25, -0.2) is 0 Å². The van der Waals surface area contributed by atoms with Crippen LogP contribution >= 0.6 is 0 Å². The van der Waals surface area contributed by atoms with Gasteiger partial charge in [-0.2, -0.15) is 0 Å². The fraction of sp³-hybridized carbons (Fsp3) is 0.111. The molecule has 0 saturated carbocycles. The fourth-order valence-corrected chi connectivity index (χ4v) is 7.16. The largest absolute Gasteiger partial charge is 0.458 e. The van der Waals surface area contributed by atoms with Gasteiger partial charge in [0.1, 0.15) is 11.5 Å². The van der Waals surface area contributed by atoms with Crippen LogP contribution in [-0.4, -0.2) is 11.1 Å². The summed E-state index contributed by atoms with van der Waals surface area (Å²) in [6.07, 6.45) is 0.